The van der Waals surface area contributed by atoms with Crippen molar-refractivity contribution in [1.82, 2.24) is 9.97 Å². The summed E-state index contributed by atoms with van der Waals surface area (Å²) in [5.41, 5.74) is 2.04. The molecule has 1 heterocycles. The summed E-state index contributed by atoms with van der Waals surface area (Å²) in [7, 11) is 0. The Hall–Kier alpha value is -3.02. The number of nitrogens with zero attached hydrogens (tertiary/aromatic N) is 2. The zero-order valence-corrected chi connectivity index (χ0v) is 19.2. The van der Waals surface area contributed by atoms with Gasteiger partial charge < -0.3 is 9.47 Å². The highest BCUT2D eigenvalue weighted by Gasteiger charge is 2.09. The fourth-order valence-corrected chi connectivity index (χ4v) is 3.17. The van der Waals surface area contributed by atoms with E-state index in [1.165, 1.54) is 12.4 Å². The third-order valence-corrected chi connectivity index (χ3v) is 5.07. The quantitative estimate of drug-likeness (QED) is 0.209. The molecular formula is C26H34N2O4. The number of hydrogen-bond acceptors (Lipinski definition) is 6. The Kier molecular flexibility index (Phi) is 11.1. The van der Waals surface area contributed by atoms with Gasteiger partial charge in [-0.05, 0) is 44.6 Å². The van der Waals surface area contributed by atoms with Gasteiger partial charge in [0.05, 0.1) is 18.5 Å². The van der Waals surface area contributed by atoms with Gasteiger partial charge in [-0.1, -0.05) is 50.1 Å². The third-order valence-electron chi connectivity index (χ3n) is 5.07. The average molecular weight is 439 g/mol. The Balaban J connectivity index is 1.78. The van der Waals surface area contributed by atoms with E-state index in [2.05, 4.69) is 16.5 Å². The monoisotopic (exact) mass is 438 g/mol. The van der Waals surface area contributed by atoms with Gasteiger partial charge in [0.25, 0.3) is 0 Å². The zero-order valence-electron chi connectivity index (χ0n) is 19.2. The number of esters is 2. The van der Waals surface area contributed by atoms with E-state index < -0.39 is 0 Å². The summed E-state index contributed by atoms with van der Waals surface area (Å²) < 4.78 is 10.6. The minimum atomic E-state index is -0.256. The fraction of sp³-hybridized carbons (Fsp3) is 0.462. The van der Waals surface area contributed by atoms with Crippen LogP contribution in [0.3, 0.4) is 0 Å². The Bertz CT molecular complexity index is 847. The summed E-state index contributed by atoms with van der Waals surface area (Å²) in [6, 6.07) is 7.98. The number of hydrogen-bond donors (Lipinski definition) is 0. The Labute approximate surface area is 191 Å². The standard InChI is InChI=1S/C26H34N2O4/c1-4-6-7-8-9-10-11-25(30)32-23-18-27-26(28-19-23)22-16-14-21(15-17-22)13-12-20(3)31-24(29)5-2/h4,14-20H,1,5-13H2,2-3H3. The maximum atomic E-state index is 12.0. The molecule has 0 bridgehead atoms. The molecule has 6 nitrogen and oxygen atoms in total. The molecule has 0 fully saturated rings. The van der Waals surface area contributed by atoms with Gasteiger partial charge in [-0.2, -0.15) is 0 Å². The van der Waals surface area contributed by atoms with Crippen molar-refractivity contribution in [2.45, 2.75) is 77.7 Å². The maximum absolute atomic E-state index is 12.0. The number of aromatic nitrogens is 2. The zero-order chi connectivity index (χ0) is 23.2. The summed E-state index contributed by atoms with van der Waals surface area (Å²) in [4.78, 5) is 31.9. The van der Waals surface area contributed by atoms with Gasteiger partial charge >= 0.3 is 11.9 Å². The summed E-state index contributed by atoms with van der Waals surface area (Å²) in [6.07, 6.45) is 12.3. The number of benzene rings is 1. The molecule has 2 aromatic rings. The third kappa shape index (κ3) is 9.41. The molecule has 0 spiro atoms. The summed E-state index contributed by atoms with van der Waals surface area (Å²) in [6.45, 7) is 7.41. The van der Waals surface area contributed by atoms with Gasteiger partial charge in [-0.15, -0.1) is 6.58 Å². The van der Waals surface area contributed by atoms with Crippen LogP contribution in [0.15, 0.2) is 49.3 Å². The van der Waals surface area contributed by atoms with E-state index in [0.717, 1.165) is 56.1 Å². The first-order valence-electron chi connectivity index (χ1n) is 11.4. The number of ether oxygens (including phenoxy) is 2. The molecule has 32 heavy (non-hydrogen) atoms. The first kappa shape index (κ1) is 25.2. The normalized spacial score (nSPS) is 11.6. The number of aryl methyl sites for hydroxylation is 1. The minimum Gasteiger partial charge on any atom is -0.463 e. The number of carbonyl (C=O) groups is 2. The van der Waals surface area contributed by atoms with E-state index in [0.29, 0.717) is 24.4 Å². The second kappa shape index (κ2) is 14.1. The van der Waals surface area contributed by atoms with Gasteiger partial charge in [0.2, 0.25) is 0 Å². The molecule has 0 aliphatic heterocycles. The second-order valence-electron chi connectivity index (χ2n) is 7.85. The van der Waals surface area contributed by atoms with Crippen molar-refractivity contribution in [3.8, 4) is 17.1 Å². The summed E-state index contributed by atoms with van der Waals surface area (Å²) in [5.74, 6) is 0.507. The molecule has 0 aliphatic rings. The molecule has 1 unspecified atom stereocenters. The van der Waals surface area contributed by atoms with Crippen LogP contribution < -0.4 is 4.74 Å². The van der Waals surface area contributed by atoms with E-state index >= 15 is 0 Å². The summed E-state index contributed by atoms with van der Waals surface area (Å²) in [5, 5.41) is 0. The van der Waals surface area contributed by atoms with Crippen molar-refractivity contribution in [1.29, 1.82) is 0 Å². The first-order chi connectivity index (χ1) is 15.5. The molecule has 0 radical (unpaired) electrons. The van der Waals surface area contributed by atoms with Crippen molar-refractivity contribution in [2.24, 2.45) is 0 Å². The van der Waals surface area contributed by atoms with Crippen LogP contribution in [-0.2, 0) is 20.7 Å². The molecule has 0 amide bonds. The fourth-order valence-electron chi connectivity index (χ4n) is 3.17. The van der Waals surface area contributed by atoms with Crippen molar-refractivity contribution in [2.75, 3.05) is 0 Å². The van der Waals surface area contributed by atoms with Crippen molar-refractivity contribution < 1.29 is 19.1 Å². The van der Waals surface area contributed by atoms with Crippen LogP contribution in [0.5, 0.6) is 5.75 Å². The van der Waals surface area contributed by atoms with Gasteiger partial charge in [-0.3, -0.25) is 9.59 Å². The van der Waals surface area contributed by atoms with Crippen molar-refractivity contribution >= 4 is 11.9 Å². The lowest BCUT2D eigenvalue weighted by Gasteiger charge is -2.12. The molecule has 1 aromatic carbocycles. The van der Waals surface area contributed by atoms with Crippen LogP contribution in [0.1, 0.15) is 70.8 Å². The Morgan fingerprint density at radius 3 is 2.38 bits per heavy atom. The van der Waals surface area contributed by atoms with Crippen LogP contribution in [0.2, 0.25) is 0 Å². The van der Waals surface area contributed by atoms with Gasteiger partial charge in [0.15, 0.2) is 11.6 Å². The SMILES string of the molecule is C=CCCCCCCC(=O)Oc1cnc(-c2ccc(CCC(C)OC(=O)CC)cc2)nc1. The van der Waals surface area contributed by atoms with E-state index in [4.69, 9.17) is 9.47 Å². The molecule has 1 aromatic heterocycles. The lowest BCUT2D eigenvalue weighted by atomic mass is 10.1. The van der Waals surface area contributed by atoms with Crippen molar-refractivity contribution in [3.05, 3.63) is 54.9 Å². The Morgan fingerprint density at radius 2 is 1.72 bits per heavy atom. The van der Waals surface area contributed by atoms with Crippen LogP contribution >= 0.6 is 0 Å². The number of unbranched alkanes of at least 4 members (excludes halogenated alkanes) is 4. The number of rotatable bonds is 14. The van der Waals surface area contributed by atoms with Gasteiger partial charge in [0.1, 0.15) is 0 Å². The van der Waals surface area contributed by atoms with Crippen LogP contribution in [0.25, 0.3) is 11.4 Å². The lowest BCUT2D eigenvalue weighted by molar-refractivity contribution is -0.148. The highest BCUT2D eigenvalue weighted by atomic mass is 16.5. The van der Waals surface area contributed by atoms with E-state index in [1.54, 1.807) is 6.92 Å². The van der Waals surface area contributed by atoms with E-state index in [1.807, 2.05) is 37.3 Å². The largest absolute Gasteiger partial charge is 0.463 e. The Morgan fingerprint density at radius 1 is 1.03 bits per heavy atom. The maximum Gasteiger partial charge on any atom is 0.311 e. The van der Waals surface area contributed by atoms with Crippen LogP contribution in [0.4, 0.5) is 0 Å². The van der Waals surface area contributed by atoms with E-state index in [-0.39, 0.29) is 18.0 Å². The predicted molar refractivity (Wildman–Crippen MR) is 125 cm³/mol. The molecule has 172 valence electrons. The molecule has 0 N–H and O–H groups in total. The smallest absolute Gasteiger partial charge is 0.311 e. The molecule has 6 heteroatoms. The second-order valence-corrected chi connectivity index (χ2v) is 7.85. The van der Waals surface area contributed by atoms with Crippen LogP contribution in [-0.4, -0.2) is 28.0 Å². The topological polar surface area (TPSA) is 78.4 Å². The molecular weight excluding hydrogens is 404 g/mol. The lowest BCUT2D eigenvalue weighted by Crippen LogP contribution is -2.14. The average Bonchev–Trinajstić information content (AvgIpc) is 2.81. The number of allylic oxidation sites excluding steroid dienone is 1. The predicted octanol–water partition coefficient (Wildman–Crippen LogP) is 5.85. The molecule has 2 rings (SSSR count). The molecule has 0 saturated carbocycles. The first-order valence-corrected chi connectivity index (χ1v) is 11.4. The molecule has 1 atom stereocenters. The van der Waals surface area contributed by atoms with E-state index in [9.17, 15) is 9.59 Å². The van der Waals surface area contributed by atoms with Crippen LogP contribution in [0, 0.1) is 0 Å². The molecule has 0 saturated heterocycles. The number of carbonyl (C=O) groups excluding carboxylic acids is 2. The van der Waals surface area contributed by atoms with Gasteiger partial charge in [-0.25, -0.2) is 9.97 Å². The van der Waals surface area contributed by atoms with Gasteiger partial charge in [0, 0.05) is 18.4 Å². The molecule has 0 aliphatic carbocycles. The highest BCUT2D eigenvalue weighted by Crippen LogP contribution is 2.19. The van der Waals surface area contributed by atoms with Crippen molar-refractivity contribution in [3.63, 3.8) is 0 Å². The minimum absolute atomic E-state index is 0.0991. The highest BCUT2D eigenvalue weighted by molar-refractivity contribution is 5.72. The summed E-state index contributed by atoms with van der Waals surface area (Å²) >= 11 is 0.